The second-order valence-electron chi connectivity index (χ2n) is 2.54. The average molecular weight is 299 g/mol. The predicted octanol–water partition coefficient (Wildman–Crippen LogP) is 0.879. The van der Waals surface area contributed by atoms with Crippen molar-refractivity contribution in [1.82, 2.24) is 5.32 Å². The molecular formula is C8H14INO3. The van der Waals surface area contributed by atoms with Gasteiger partial charge in [-0.2, -0.15) is 0 Å². The summed E-state index contributed by atoms with van der Waals surface area (Å²) < 4.78 is 4.20. The van der Waals surface area contributed by atoms with Gasteiger partial charge in [-0.15, -0.1) is 0 Å². The third-order valence-corrected chi connectivity index (χ3v) is 2.36. The number of carbonyl (C=O) groups excluding carboxylic acids is 2. The number of alkyl halides is 1. The van der Waals surface area contributed by atoms with Gasteiger partial charge in [0, 0.05) is 13.0 Å². The minimum Gasteiger partial charge on any atom is -0.468 e. The molecule has 0 saturated heterocycles. The van der Waals surface area contributed by atoms with Gasteiger partial charge in [0.15, 0.2) is 0 Å². The van der Waals surface area contributed by atoms with Crippen LogP contribution in [0.1, 0.15) is 19.8 Å². The summed E-state index contributed by atoms with van der Waals surface area (Å²) in [6.07, 6.45) is 1.32. The molecule has 0 saturated carbocycles. The molecule has 0 radical (unpaired) electrons. The molecule has 0 aromatic heterocycles. The monoisotopic (exact) mass is 299 g/mol. The van der Waals surface area contributed by atoms with E-state index in [2.05, 4.69) is 10.1 Å². The SMILES string of the molecule is CCCC(=O)NCC(I)C(=O)OC. The molecule has 1 amide bonds. The van der Waals surface area contributed by atoms with Crippen LogP contribution in [0.4, 0.5) is 0 Å². The Balaban J connectivity index is 3.63. The Morgan fingerprint density at radius 1 is 1.54 bits per heavy atom. The fourth-order valence-electron chi connectivity index (χ4n) is 0.730. The minimum absolute atomic E-state index is 0.0203. The van der Waals surface area contributed by atoms with Gasteiger partial charge in [0.1, 0.15) is 3.92 Å². The zero-order valence-corrected chi connectivity index (χ0v) is 9.96. The number of methoxy groups -OCH3 is 1. The molecule has 0 fully saturated rings. The Bertz CT molecular complexity index is 184. The van der Waals surface area contributed by atoms with Crippen LogP contribution in [0.15, 0.2) is 0 Å². The first-order chi connectivity index (χ1) is 6.11. The highest BCUT2D eigenvalue weighted by atomic mass is 127. The van der Waals surface area contributed by atoms with E-state index in [1.165, 1.54) is 7.11 Å². The van der Waals surface area contributed by atoms with Crippen LogP contribution in [0.5, 0.6) is 0 Å². The molecule has 1 unspecified atom stereocenters. The van der Waals surface area contributed by atoms with E-state index < -0.39 is 0 Å². The first-order valence-corrected chi connectivity index (χ1v) is 5.35. The number of nitrogens with one attached hydrogen (secondary N) is 1. The van der Waals surface area contributed by atoms with Crippen molar-refractivity contribution < 1.29 is 14.3 Å². The van der Waals surface area contributed by atoms with Gasteiger partial charge in [0.25, 0.3) is 0 Å². The first kappa shape index (κ1) is 12.7. The average Bonchev–Trinajstić information content (AvgIpc) is 2.13. The molecule has 0 aromatic rings. The molecule has 0 aromatic carbocycles. The molecule has 13 heavy (non-hydrogen) atoms. The maximum absolute atomic E-state index is 11.0. The summed E-state index contributed by atoms with van der Waals surface area (Å²) in [5.74, 6) is -0.328. The summed E-state index contributed by atoms with van der Waals surface area (Å²) in [6, 6.07) is 0. The molecule has 0 bridgehead atoms. The van der Waals surface area contributed by atoms with Gasteiger partial charge in [0.05, 0.1) is 7.11 Å². The molecule has 0 aliphatic carbocycles. The Labute approximate surface area is 91.5 Å². The molecule has 0 heterocycles. The fourth-order valence-corrected chi connectivity index (χ4v) is 1.20. The Hall–Kier alpha value is -0.330. The highest BCUT2D eigenvalue weighted by Crippen LogP contribution is 2.00. The second-order valence-corrected chi connectivity index (χ2v) is 4.05. The number of halogens is 1. The van der Waals surface area contributed by atoms with Crippen molar-refractivity contribution in [2.24, 2.45) is 0 Å². The number of ether oxygens (including phenoxy) is 1. The van der Waals surface area contributed by atoms with Crippen molar-refractivity contribution >= 4 is 34.5 Å². The van der Waals surface area contributed by atoms with E-state index in [1.807, 2.05) is 29.5 Å². The lowest BCUT2D eigenvalue weighted by Crippen LogP contribution is -2.33. The van der Waals surface area contributed by atoms with Crippen molar-refractivity contribution in [2.45, 2.75) is 23.7 Å². The van der Waals surface area contributed by atoms with Gasteiger partial charge in [-0.3, -0.25) is 9.59 Å². The zero-order chi connectivity index (χ0) is 10.3. The molecule has 0 spiro atoms. The van der Waals surface area contributed by atoms with Crippen LogP contribution in [-0.4, -0.2) is 29.5 Å². The number of esters is 1. The van der Waals surface area contributed by atoms with Crippen LogP contribution in [0.25, 0.3) is 0 Å². The molecule has 5 heteroatoms. The molecule has 0 aliphatic heterocycles. The molecule has 1 N–H and O–H groups in total. The van der Waals surface area contributed by atoms with Crippen LogP contribution >= 0.6 is 22.6 Å². The number of hydrogen-bond acceptors (Lipinski definition) is 3. The molecule has 0 rings (SSSR count). The maximum atomic E-state index is 11.0. The van der Waals surface area contributed by atoms with Crippen LogP contribution in [0.2, 0.25) is 0 Å². The third-order valence-electron chi connectivity index (χ3n) is 1.41. The Kier molecular flexibility index (Phi) is 6.93. The topological polar surface area (TPSA) is 55.4 Å². The largest absolute Gasteiger partial charge is 0.468 e. The van der Waals surface area contributed by atoms with E-state index in [4.69, 9.17) is 0 Å². The van der Waals surface area contributed by atoms with Gasteiger partial charge in [0.2, 0.25) is 5.91 Å². The van der Waals surface area contributed by atoms with Gasteiger partial charge in [-0.1, -0.05) is 29.5 Å². The van der Waals surface area contributed by atoms with Crippen LogP contribution in [0.3, 0.4) is 0 Å². The molecule has 76 valence electrons. The van der Waals surface area contributed by atoms with Crippen molar-refractivity contribution in [3.05, 3.63) is 0 Å². The standard InChI is InChI=1S/C8H14INO3/c1-3-4-7(11)10-5-6(9)8(12)13-2/h6H,3-5H2,1-2H3,(H,10,11). The number of rotatable bonds is 5. The minimum atomic E-state index is -0.308. The Morgan fingerprint density at radius 3 is 2.62 bits per heavy atom. The molecule has 0 aliphatic rings. The quantitative estimate of drug-likeness (QED) is 0.466. The fraction of sp³-hybridized carbons (Fsp3) is 0.750. The predicted molar refractivity (Wildman–Crippen MR) is 57.7 cm³/mol. The Morgan fingerprint density at radius 2 is 2.15 bits per heavy atom. The van der Waals surface area contributed by atoms with Gasteiger partial charge in [-0.05, 0) is 6.42 Å². The molecular weight excluding hydrogens is 285 g/mol. The maximum Gasteiger partial charge on any atom is 0.320 e. The van der Waals surface area contributed by atoms with Crippen molar-refractivity contribution in [3.8, 4) is 0 Å². The molecule has 4 nitrogen and oxygen atoms in total. The van der Waals surface area contributed by atoms with Crippen molar-refractivity contribution in [2.75, 3.05) is 13.7 Å². The number of amides is 1. The van der Waals surface area contributed by atoms with E-state index in [0.29, 0.717) is 13.0 Å². The highest BCUT2D eigenvalue weighted by Gasteiger charge is 2.15. The van der Waals surface area contributed by atoms with Gasteiger partial charge < -0.3 is 10.1 Å². The van der Waals surface area contributed by atoms with Crippen molar-refractivity contribution in [3.63, 3.8) is 0 Å². The lowest BCUT2D eigenvalue weighted by molar-refractivity contribution is -0.139. The summed E-state index contributed by atoms with van der Waals surface area (Å²) in [5.41, 5.74) is 0. The zero-order valence-electron chi connectivity index (χ0n) is 7.80. The van der Waals surface area contributed by atoms with Gasteiger partial charge in [-0.25, -0.2) is 0 Å². The summed E-state index contributed by atoms with van der Waals surface area (Å²) in [6.45, 7) is 2.27. The van der Waals surface area contributed by atoms with Crippen LogP contribution in [0, 0.1) is 0 Å². The van der Waals surface area contributed by atoms with E-state index in [9.17, 15) is 9.59 Å². The van der Waals surface area contributed by atoms with Crippen LogP contribution in [-0.2, 0) is 14.3 Å². The van der Waals surface area contributed by atoms with E-state index in [-0.39, 0.29) is 15.8 Å². The molecule has 1 atom stereocenters. The van der Waals surface area contributed by atoms with E-state index in [0.717, 1.165) is 6.42 Å². The summed E-state index contributed by atoms with van der Waals surface area (Å²) in [7, 11) is 1.34. The summed E-state index contributed by atoms with van der Waals surface area (Å²) in [5, 5.41) is 2.65. The van der Waals surface area contributed by atoms with Gasteiger partial charge >= 0.3 is 5.97 Å². The third kappa shape index (κ3) is 5.84. The lowest BCUT2D eigenvalue weighted by atomic mass is 10.3. The normalized spacial score (nSPS) is 11.9. The lowest BCUT2D eigenvalue weighted by Gasteiger charge is -2.08. The van der Waals surface area contributed by atoms with Crippen molar-refractivity contribution in [1.29, 1.82) is 0 Å². The smallest absolute Gasteiger partial charge is 0.320 e. The van der Waals surface area contributed by atoms with E-state index >= 15 is 0 Å². The summed E-state index contributed by atoms with van der Waals surface area (Å²) >= 11 is 1.94. The highest BCUT2D eigenvalue weighted by molar-refractivity contribution is 14.1. The van der Waals surface area contributed by atoms with Crippen LogP contribution < -0.4 is 5.32 Å². The second kappa shape index (κ2) is 7.11. The first-order valence-electron chi connectivity index (χ1n) is 4.10. The summed E-state index contributed by atoms with van der Waals surface area (Å²) in [4.78, 5) is 21.9. The number of carbonyl (C=O) groups is 2. The van der Waals surface area contributed by atoms with E-state index in [1.54, 1.807) is 0 Å². The number of hydrogen-bond donors (Lipinski definition) is 1.